The summed E-state index contributed by atoms with van der Waals surface area (Å²) in [5, 5.41) is 0. The van der Waals surface area contributed by atoms with Gasteiger partial charge >= 0.3 is 0 Å². The highest BCUT2D eigenvalue weighted by molar-refractivity contribution is 4.97. The van der Waals surface area contributed by atoms with Crippen LogP contribution >= 0.6 is 0 Å². The molecule has 1 unspecified atom stereocenters. The second-order valence-corrected chi connectivity index (χ2v) is 6.09. The third-order valence-corrected chi connectivity index (χ3v) is 3.95. The first-order valence-electron chi connectivity index (χ1n) is 6.62. The number of likely N-dealkylation sites (tertiary alicyclic amines) is 1. The number of hydrogen-bond donors (Lipinski definition) is 0. The van der Waals surface area contributed by atoms with E-state index in [0.29, 0.717) is 0 Å². The Labute approximate surface area is 99.7 Å². The molecule has 0 radical (unpaired) electrons. The van der Waals surface area contributed by atoms with Crippen molar-refractivity contribution in [3.8, 4) is 0 Å². The summed E-state index contributed by atoms with van der Waals surface area (Å²) in [6.07, 6.45) is 2.46. The Hall–Kier alpha value is -0.120. The van der Waals surface area contributed by atoms with E-state index in [1.165, 1.54) is 19.4 Å². The van der Waals surface area contributed by atoms with Gasteiger partial charge in [-0.05, 0) is 46.7 Å². The van der Waals surface area contributed by atoms with E-state index in [1.54, 1.807) is 0 Å². The number of hydrogen-bond acceptors (Lipinski definition) is 3. The van der Waals surface area contributed by atoms with Crippen LogP contribution in [0.5, 0.6) is 0 Å². The Balaban J connectivity index is 2.16. The van der Waals surface area contributed by atoms with Crippen molar-refractivity contribution in [3.63, 3.8) is 0 Å². The zero-order chi connectivity index (χ0) is 11.8. The minimum absolute atomic E-state index is 0.00646. The Bertz CT molecular complexity index is 249. The van der Waals surface area contributed by atoms with Crippen LogP contribution in [0, 0.1) is 0 Å². The predicted octanol–water partition coefficient (Wildman–Crippen LogP) is 1.93. The Morgan fingerprint density at radius 2 is 2.00 bits per heavy atom. The molecule has 0 aromatic rings. The van der Waals surface area contributed by atoms with Crippen molar-refractivity contribution in [2.24, 2.45) is 0 Å². The fourth-order valence-electron chi connectivity index (χ4n) is 3.25. The maximum atomic E-state index is 6.14. The van der Waals surface area contributed by atoms with Crippen molar-refractivity contribution in [1.82, 2.24) is 9.80 Å². The molecule has 2 aliphatic rings. The van der Waals surface area contributed by atoms with Gasteiger partial charge in [-0.25, -0.2) is 0 Å². The molecule has 3 heteroatoms. The molecular weight excluding hydrogens is 200 g/mol. The fourth-order valence-corrected chi connectivity index (χ4v) is 3.25. The first kappa shape index (κ1) is 12.3. The third kappa shape index (κ3) is 2.13. The van der Waals surface area contributed by atoms with Gasteiger partial charge in [-0.1, -0.05) is 6.92 Å². The lowest BCUT2D eigenvalue weighted by molar-refractivity contribution is -0.149. The molecule has 0 amide bonds. The highest BCUT2D eigenvalue weighted by Crippen LogP contribution is 2.37. The lowest BCUT2D eigenvalue weighted by Crippen LogP contribution is -2.61. The molecule has 1 atom stereocenters. The van der Waals surface area contributed by atoms with Gasteiger partial charge in [0.15, 0.2) is 0 Å². The lowest BCUT2D eigenvalue weighted by Gasteiger charge is -2.49. The van der Waals surface area contributed by atoms with E-state index in [0.717, 1.165) is 26.2 Å². The van der Waals surface area contributed by atoms with Gasteiger partial charge in [0.25, 0.3) is 0 Å². The van der Waals surface area contributed by atoms with Gasteiger partial charge in [-0.2, -0.15) is 0 Å². The van der Waals surface area contributed by atoms with Crippen LogP contribution in [0.15, 0.2) is 0 Å². The summed E-state index contributed by atoms with van der Waals surface area (Å²) in [5.41, 5.74) is 0.222. The van der Waals surface area contributed by atoms with Crippen molar-refractivity contribution < 1.29 is 4.74 Å². The summed E-state index contributed by atoms with van der Waals surface area (Å²) < 4.78 is 6.14. The van der Waals surface area contributed by atoms with Crippen LogP contribution in [0.1, 0.15) is 40.5 Å². The summed E-state index contributed by atoms with van der Waals surface area (Å²) in [6, 6.07) is 0. The monoisotopic (exact) mass is 226 g/mol. The molecule has 1 spiro atoms. The predicted molar refractivity (Wildman–Crippen MR) is 66.5 cm³/mol. The zero-order valence-electron chi connectivity index (χ0n) is 11.3. The Kier molecular flexibility index (Phi) is 3.30. The molecule has 0 saturated carbocycles. The van der Waals surface area contributed by atoms with Crippen molar-refractivity contribution in [3.05, 3.63) is 0 Å². The van der Waals surface area contributed by atoms with Crippen molar-refractivity contribution >= 4 is 0 Å². The van der Waals surface area contributed by atoms with Crippen LogP contribution < -0.4 is 0 Å². The number of piperidine rings is 1. The number of rotatable bonds is 1. The largest absolute Gasteiger partial charge is 0.358 e. The summed E-state index contributed by atoms with van der Waals surface area (Å²) in [6.45, 7) is 14.6. The molecule has 94 valence electrons. The minimum atomic E-state index is 0.00646. The molecule has 3 nitrogen and oxygen atoms in total. The molecule has 0 aromatic heterocycles. The second-order valence-electron chi connectivity index (χ2n) is 6.09. The highest BCUT2D eigenvalue weighted by atomic mass is 16.5. The molecule has 2 saturated heterocycles. The van der Waals surface area contributed by atoms with E-state index in [-0.39, 0.29) is 11.3 Å². The quantitative estimate of drug-likeness (QED) is 0.679. The topological polar surface area (TPSA) is 15.7 Å². The number of likely N-dealkylation sites (N-methyl/N-ethyl adjacent to an activating group) is 1. The first-order chi connectivity index (χ1) is 7.48. The summed E-state index contributed by atoms with van der Waals surface area (Å²) in [4.78, 5) is 5.09. The van der Waals surface area contributed by atoms with Crippen molar-refractivity contribution in [2.45, 2.75) is 51.8 Å². The SMILES string of the molecule is CCN1CCCC2(C1)OCCN2C(C)(C)C. The smallest absolute Gasteiger partial charge is 0.135 e. The van der Waals surface area contributed by atoms with Crippen LogP contribution in [0.25, 0.3) is 0 Å². The standard InChI is InChI=1S/C13H26N2O/c1-5-14-8-6-7-13(11-14)15(9-10-16-13)12(2,3)4/h5-11H2,1-4H3. The normalized spacial score (nSPS) is 33.8. The average molecular weight is 226 g/mol. The number of ether oxygens (including phenoxy) is 1. The maximum Gasteiger partial charge on any atom is 0.135 e. The number of nitrogens with zero attached hydrogens (tertiary/aromatic N) is 2. The average Bonchev–Trinajstić information content (AvgIpc) is 2.61. The van der Waals surface area contributed by atoms with Crippen LogP contribution in [-0.2, 0) is 4.74 Å². The van der Waals surface area contributed by atoms with Crippen LogP contribution in [0.2, 0.25) is 0 Å². The molecule has 2 heterocycles. The lowest BCUT2D eigenvalue weighted by atomic mass is 9.94. The van der Waals surface area contributed by atoms with Gasteiger partial charge in [-0.15, -0.1) is 0 Å². The minimum Gasteiger partial charge on any atom is -0.358 e. The molecule has 16 heavy (non-hydrogen) atoms. The maximum absolute atomic E-state index is 6.14. The van der Waals surface area contributed by atoms with E-state index in [1.807, 2.05) is 0 Å². The zero-order valence-corrected chi connectivity index (χ0v) is 11.3. The summed E-state index contributed by atoms with van der Waals surface area (Å²) in [5.74, 6) is 0. The van der Waals surface area contributed by atoms with E-state index in [9.17, 15) is 0 Å². The van der Waals surface area contributed by atoms with E-state index >= 15 is 0 Å². The van der Waals surface area contributed by atoms with Gasteiger partial charge in [0.1, 0.15) is 5.72 Å². The van der Waals surface area contributed by atoms with Gasteiger partial charge in [-0.3, -0.25) is 9.80 Å². The molecule has 0 aromatic carbocycles. The highest BCUT2D eigenvalue weighted by Gasteiger charge is 2.48. The van der Waals surface area contributed by atoms with Crippen molar-refractivity contribution in [2.75, 3.05) is 32.8 Å². The first-order valence-corrected chi connectivity index (χ1v) is 6.62. The Morgan fingerprint density at radius 3 is 2.62 bits per heavy atom. The van der Waals surface area contributed by atoms with Gasteiger partial charge < -0.3 is 4.74 Å². The van der Waals surface area contributed by atoms with Gasteiger partial charge in [0.05, 0.1) is 6.61 Å². The molecule has 2 aliphatic heterocycles. The molecule has 0 bridgehead atoms. The fraction of sp³-hybridized carbons (Fsp3) is 1.00. The summed E-state index contributed by atoms with van der Waals surface area (Å²) >= 11 is 0. The van der Waals surface area contributed by atoms with E-state index in [2.05, 4.69) is 37.5 Å². The molecule has 2 fully saturated rings. The second kappa shape index (κ2) is 4.28. The van der Waals surface area contributed by atoms with Gasteiger partial charge in [0, 0.05) is 18.6 Å². The van der Waals surface area contributed by atoms with Crippen LogP contribution in [0.3, 0.4) is 0 Å². The third-order valence-electron chi connectivity index (χ3n) is 3.95. The Morgan fingerprint density at radius 1 is 1.25 bits per heavy atom. The molecule has 0 aliphatic carbocycles. The summed E-state index contributed by atoms with van der Waals surface area (Å²) in [7, 11) is 0. The molecule has 2 rings (SSSR count). The van der Waals surface area contributed by atoms with Gasteiger partial charge in [0.2, 0.25) is 0 Å². The van der Waals surface area contributed by atoms with Crippen LogP contribution in [0.4, 0.5) is 0 Å². The molecule has 0 N–H and O–H groups in total. The van der Waals surface area contributed by atoms with Crippen LogP contribution in [-0.4, -0.2) is 53.8 Å². The van der Waals surface area contributed by atoms with E-state index < -0.39 is 0 Å². The van der Waals surface area contributed by atoms with Crippen molar-refractivity contribution in [1.29, 1.82) is 0 Å². The molecular formula is C13H26N2O. The van der Waals surface area contributed by atoms with E-state index in [4.69, 9.17) is 4.74 Å².